The second-order valence-corrected chi connectivity index (χ2v) is 5.10. The lowest BCUT2D eigenvalue weighted by molar-refractivity contribution is -0.119. The van der Waals surface area contributed by atoms with Crippen molar-refractivity contribution in [1.82, 2.24) is 10.2 Å². The minimum atomic E-state index is 0.0748. The molecule has 3 nitrogen and oxygen atoms in total. The number of likely N-dealkylation sites (tertiary alicyclic amines) is 1. The van der Waals surface area contributed by atoms with Gasteiger partial charge < -0.3 is 5.32 Å². The maximum absolute atomic E-state index is 10.8. The van der Waals surface area contributed by atoms with Gasteiger partial charge in [-0.05, 0) is 40.2 Å². The van der Waals surface area contributed by atoms with Gasteiger partial charge in [-0.2, -0.15) is 0 Å². The molecule has 0 aromatic heterocycles. The molecular formula is C11H22N2O. The van der Waals surface area contributed by atoms with Crippen molar-refractivity contribution < 1.29 is 4.79 Å². The number of nitrogens with zero attached hydrogens (tertiary/aromatic N) is 1. The molecule has 0 aliphatic carbocycles. The van der Waals surface area contributed by atoms with Gasteiger partial charge in [-0.15, -0.1) is 0 Å². The summed E-state index contributed by atoms with van der Waals surface area (Å²) in [6, 6.07) is 0.527. The van der Waals surface area contributed by atoms with Gasteiger partial charge in [0.25, 0.3) is 0 Å². The van der Waals surface area contributed by atoms with Crippen molar-refractivity contribution in [3.8, 4) is 0 Å². The fraction of sp³-hybridized carbons (Fsp3) is 0.909. The molecule has 1 saturated heterocycles. The van der Waals surface area contributed by atoms with Crippen LogP contribution in [0.2, 0.25) is 0 Å². The lowest BCUT2D eigenvalue weighted by Crippen LogP contribution is -2.48. The van der Waals surface area contributed by atoms with Gasteiger partial charge in [0.05, 0.1) is 0 Å². The standard InChI is InChI=1S/C11H22N2O/c1-9(14)12-8-10-6-5-7-13(10)11(2,3)4/h10H,5-8H2,1-4H3,(H,12,14). The summed E-state index contributed by atoms with van der Waals surface area (Å²) in [6.45, 7) is 10.2. The van der Waals surface area contributed by atoms with Crippen molar-refractivity contribution in [3.05, 3.63) is 0 Å². The summed E-state index contributed by atoms with van der Waals surface area (Å²) in [5, 5.41) is 2.91. The van der Waals surface area contributed by atoms with E-state index >= 15 is 0 Å². The SMILES string of the molecule is CC(=O)NCC1CCCN1C(C)(C)C. The average molecular weight is 198 g/mol. The minimum absolute atomic E-state index is 0.0748. The molecule has 1 amide bonds. The molecule has 1 heterocycles. The zero-order valence-electron chi connectivity index (χ0n) is 9.76. The fourth-order valence-electron chi connectivity index (χ4n) is 2.19. The molecule has 1 aliphatic heterocycles. The highest BCUT2D eigenvalue weighted by Gasteiger charge is 2.32. The Morgan fingerprint density at radius 2 is 2.14 bits per heavy atom. The largest absolute Gasteiger partial charge is 0.355 e. The summed E-state index contributed by atoms with van der Waals surface area (Å²) in [4.78, 5) is 13.3. The molecule has 0 saturated carbocycles. The van der Waals surface area contributed by atoms with Gasteiger partial charge in [0.2, 0.25) is 5.91 Å². The molecule has 0 radical (unpaired) electrons. The zero-order valence-corrected chi connectivity index (χ0v) is 9.76. The van der Waals surface area contributed by atoms with Crippen LogP contribution in [0.3, 0.4) is 0 Å². The quantitative estimate of drug-likeness (QED) is 0.727. The first-order valence-corrected chi connectivity index (χ1v) is 5.42. The number of carbonyl (C=O) groups excluding carboxylic acids is 1. The maximum atomic E-state index is 10.8. The monoisotopic (exact) mass is 198 g/mol. The van der Waals surface area contributed by atoms with Gasteiger partial charge in [-0.1, -0.05) is 0 Å². The van der Waals surface area contributed by atoms with E-state index in [4.69, 9.17) is 0 Å². The predicted octanol–water partition coefficient (Wildman–Crippen LogP) is 1.39. The van der Waals surface area contributed by atoms with Gasteiger partial charge in [0.1, 0.15) is 0 Å². The van der Waals surface area contributed by atoms with Crippen LogP contribution in [0.15, 0.2) is 0 Å². The van der Waals surface area contributed by atoms with Crippen LogP contribution in [0.4, 0.5) is 0 Å². The Balaban J connectivity index is 2.47. The van der Waals surface area contributed by atoms with E-state index < -0.39 is 0 Å². The topological polar surface area (TPSA) is 32.3 Å². The van der Waals surface area contributed by atoms with Crippen LogP contribution in [0.5, 0.6) is 0 Å². The van der Waals surface area contributed by atoms with Crippen LogP contribution in [0.1, 0.15) is 40.5 Å². The van der Waals surface area contributed by atoms with Gasteiger partial charge in [0, 0.05) is 25.0 Å². The molecule has 1 aliphatic rings. The molecule has 14 heavy (non-hydrogen) atoms. The number of amides is 1. The lowest BCUT2D eigenvalue weighted by atomic mass is 10.0. The van der Waals surface area contributed by atoms with Crippen molar-refractivity contribution in [3.63, 3.8) is 0 Å². The number of nitrogens with one attached hydrogen (secondary N) is 1. The molecule has 1 rings (SSSR count). The normalized spacial score (nSPS) is 23.9. The molecule has 0 spiro atoms. The van der Waals surface area contributed by atoms with Crippen molar-refractivity contribution in [1.29, 1.82) is 0 Å². The Hall–Kier alpha value is -0.570. The molecule has 82 valence electrons. The van der Waals surface area contributed by atoms with E-state index in [9.17, 15) is 4.79 Å². The zero-order chi connectivity index (χ0) is 10.8. The Kier molecular flexibility index (Phi) is 3.53. The van der Waals surface area contributed by atoms with E-state index in [1.165, 1.54) is 12.8 Å². The summed E-state index contributed by atoms with van der Waals surface area (Å²) in [5.74, 6) is 0.0748. The van der Waals surface area contributed by atoms with Crippen molar-refractivity contribution in [2.24, 2.45) is 0 Å². The highest BCUT2D eigenvalue weighted by Crippen LogP contribution is 2.25. The Labute approximate surface area is 86.9 Å². The number of hydrogen-bond donors (Lipinski definition) is 1. The van der Waals surface area contributed by atoms with Crippen LogP contribution in [-0.4, -0.2) is 35.5 Å². The molecule has 0 aromatic rings. The van der Waals surface area contributed by atoms with Gasteiger partial charge in [-0.25, -0.2) is 0 Å². The fourth-order valence-corrected chi connectivity index (χ4v) is 2.19. The third-order valence-corrected chi connectivity index (χ3v) is 2.83. The summed E-state index contributed by atoms with van der Waals surface area (Å²) in [6.07, 6.45) is 2.46. The second-order valence-electron chi connectivity index (χ2n) is 5.10. The molecule has 1 fully saturated rings. The average Bonchev–Trinajstić information content (AvgIpc) is 2.46. The number of hydrogen-bond acceptors (Lipinski definition) is 2. The minimum Gasteiger partial charge on any atom is -0.355 e. The first-order chi connectivity index (χ1) is 6.41. The summed E-state index contributed by atoms with van der Waals surface area (Å²) < 4.78 is 0. The predicted molar refractivity (Wildman–Crippen MR) is 58.2 cm³/mol. The molecule has 1 N–H and O–H groups in total. The van der Waals surface area contributed by atoms with Crippen LogP contribution in [0.25, 0.3) is 0 Å². The van der Waals surface area contributed by atoms with Gasteiger partial charge >= 0.3 is 0 Å². The van der Waals surface area contributed by atoms with Crippen LogP contribution in [0, 0.1) is 0 Å². The second kappa shape index (κ2) is 4.30. The molecule has 0 aromatic carbocycles. The molecular weight excluding hydrogens is 176 g/mol. The third kappa shape index (κ3) is 2.98. The Morgan fingerprint density at radius 1 is 1.50 bits per heavy atom. The molecule has 3 heteroatoms. The first-order valence-electron chi connectivity index (χ1n) is 5.42. The maximum Gasteiger partial charge on any atom is 0.216 e. The van der Waals surface area contributed by atoms with Gasteiger partial charge in [0.15, 0.2) is 0 Å². The van der Waals surface area contributed by atoms with E-state index in [0.29, 0.717) is 6.04 Å². The van der Waals surface area contributed by atoms with E-state index in [1.807, 2.05) is 0 Å². The highest BCUT2D eigenvalue weighted by atomic mass is 16.1. The first kappa shape index (κ1) is 11.5. The van der Waals surface area contributed by atoms with Crippen molar-refractivity contribution in [2.45, 2.75) is 52.1 Å². The lowest BCUT2D eigenvalue weighted by Gasteiger charge is -2.37. The summed E-state index contributed by atoms with van der Waals surface area (Å²) >= 11 is 0. The molecule has 0 bridgehead atoms. The number of rotatable bonds is 2. The molecule has 1 unspecified atom stereocenters. The third-order valence-electron chi connectivity index (χ3n) is 2.83. The van der Waals surface area contributed by atoms with Crippen LogP contribution >= 0.6 is 0 Å². The Morgan fingerprint density at radius 3 is 2.64 bits per heavy atom. The summed E-state index contributed by atoms with van der Waals surface area (Å²) in [5.41, 5.74) is 0.222. The summed E-state index contributed by atoms with van der Waals surface area (Å²) in [7, 11) is 0. The number of carbonyl (C=O) groups is 1. The van der Waals surface area contributed by atoms with Crippen LogP contribution < -0.4 is 5.32 Å². The van der Waals surface area contributed by atoms with Crippen molar-refractivity contribution in [2.75, 3.05) is 13.1 Å². The van der Waals surface area contributed by atoms with Crippen molar-refractivity contribution >= 4 is 5.91 Å². The van der Waals surface area contributed by atoms with E-state index in [1.54, 1.807) is 6.92 Å². The van der Waals surface area contributed by atoms with Crippen LogP contribution in [-0.2, 0) is 4.79 Å². The van der Waals surface area contributed by atoms with E-state index in [2.05, 4.69) is 31.0 Å². The highest BCUT2D eigenvalue weighted by molar-refractivity contribution is 5.72. The Bertz CT molecular complexity index is 208. The van der Waals surface area contributed by atoms with Gasteiger partial charge in [-0.3, -0.25) is 9.69 Å². The van der Waals surface area contributed by atoms with E-state index in [0.717, 1.165) is 13.1 Å². The molecule has 1 atom stereocenters. The smallest absolute Gasteiger partial charge is 0.216 e. The van der Waals surface area contributed by atoms with E-state index in [-0.39, 0.29) is 11.4 Å².